The van der Waals surface area contributed by atoms with E-state index in [2.05, 4.69) is 27.7 Å². The summed E-state index contributed by atoms with van der Waals surface area (Å²) in [6, 6.07) is 0. The summed E-state index contributed by atoms with van der Waals surface area (Å²) in [5.41, 5.74) is 3.06. The largest absolute Gasteiger partial charge is 0.429 e. The zero-order valence-corrected chi connectivity index (χ0v) is 15.0. The van der Waals surface area contributed by atoms with Crippen LogP contribution in [0.5, 0.6) is 0 Å². The quantitative estimate of drug-likeness (QED) is 0.572. The molecule has 1 heterocycles. The number of carbonyl (C=O) groups excluding carboxylic acids is 1. The highest BCUT2D eigenvalue weighted by Crippen LogP contribution is 2.61. The van der Waals surface area contributed by atoms with Crippen LogP contribution in [-0.4, -0.2) is 28.1 Å². The first-order valence-corrected chi connectivity index (χ1v) is 9.23. The highest BCUT2D eigenvalue weighted by Gasteiger charge is 2.63. The fourth-order valence-electron chi connectivity index (χ4n) is 6.10. The average molecular weight is 332 g/mol. The number of hydrogen-bond donors (Lipinski definition) is 2. The summed E-state index contributed by atoms with van der Waals surface area (Å²) < 4.78 is 5.40. The number of esters is 1. The summed E-state index contributed by atoms with van der Waals surface area (Å²) in [7, 11) is 0. The molecule has 2 N–H and O–H groups in total. The number of hydrogen-bond acceptors (Lipinski definition) is 4. The maximum atomic E-state index is 12.3. The molecule has 4 aliphatic rings. The number of aliphatic hydroxyl groups excluding tert-OH is 1. The van der Waals surface area contributed by atoms with Crippen LogP contribution in [0.15, 0.2) is 22.8 Å². The van der Waals surface area contributed by atoms with Gasteiger partial charge >= 0.3 is 5.97 Å². The van der Waals surface area contributed by atoms with Crippen molar-refractivity contribution in [1.82, 2.24) is 0 Å². The minimum atomic E-state index is -1.32. The molecule has 0 aromatic rings. The Bertz CT molecular complexity index is 661. The van der Waals surface area contributed by atoms with Gasteiger partial charge in [-0.1, -0.05) is 39.3 Å². The van der Waals surface area contributed by atoms with Crippen molar-refractivity contribution >= 4 is 5.97 Å². The monoisotopic (exact) mass is 332 g/mol. The van der Waals surface area contributed by atoms with Gasteiger partial charge in [0.1, 0.15) is 0 Å². The van der Waals surface area contributed by atoms with E-state index < -0.39 is 5.79 Å². The van der Waals surface area contributed by atoms with E-state index in [4.69, 9.17) is 4.74 Å². The molecule has 4 rings (SSSR count). The molecule has 132 valence electrons. The summed E-state index contributed by atoms with van der Waals surface area (Å²) >= 11 is 0. The first-order chi connectivity index (χ1) is 11.2. The highest BCUT2D eigenvalue weighted by molar-refractivity contribution is 5.92. The first kappa shape index (κ1) is 16.3. The number of rotatable bonds is 1. The van der Waals surface area contributed by atoms with E-state index in [-0.39, 0.29) is 29.3 Å². The number of carbonyl (C=O) groups is 1. The summed E-state index contributed by atoms with van der Waals surface area (Å²) in [5.74, 6) is -1.06. The average Bonchev–Trinajstić information content (AvgIpc) is 2.91. The van der Waals surface area contributed by atoms with E-state index >= 15 is 0 Å². The molecule has 0 aromatic heterocycles. The summed E-state index contributed by atoms with van der Waals surface area (Å²) in [6.07, 6.45) is 4.44. The Morgan fingerprint density at radius 3 is 2.67 bits per heavy atom. The van der Waals surface area contributed by atoms with E-state index in [0.29, 0.717) is 30.3 Å². The minimum absolute atomic E-state index is 0.0587. The molecule has 1 saturated carbocycles. The molecule has 4 heteroatoms. The van der Waals surface area contributed by atoms with Crippen molar-refractivity contribution in [3.63, 3.8) is 0 Å². The highest BCUT2D eigenvalue weighted by atomic mass is 16.7. The third-order valence-electron chi connectivity index (χ3n) is 7.01. The second kappa shape index (κ2) is 4.95. The van der Waals surface area contributed by atoms with Crippen LogP contribution >= 0.6 is 0 Å². The Balaban J connectivity index is 1.85. The van der Waals surface area contributed by atoms with Crippen molar-refractivity contribution in [2.75, 3.05) is 0 Å². The van der Waals surface area contributed by atoms with Gasteiger partial charge in [0.25, 0.3) is 0 Å². The molecule has 1 aliphatic heterocycles. The van der Waals surface area contributed by atoms with E-state index in [1.54, 1.807) is 0 Å². The summed E-state index contributed by atoms with van der Waals surface area (Å²) in [6.45, 7) is 8.66. The van der Waals surface area contributed by atoms with Gasteiger partial charge in [0.2, 0.25) is 5.79 Å². The smallest absolute Gasteiger partial charge is 0.336 e. The van der Waals surface area contributed by atoms with Crippen molar-refractivity contribution in [2.45, 2.75) is 65.3 Å². The molecule has 0 bridgehead atoms. The van der Waals surface area contributed by atoms with Crippen LogP contribution in [-0.2, 0) is 9.53 Å². The van der Waals surface area contributed by atoms with Gasteiger partial charge in [-0.3, -0.25) is 0 Å². The van der Waals surface area contributed by atoms with Gasteiger partial charge in [-0.05, 0) is 48.0 Å². The van der Waals surface area contributed by atoms with E-state index in [0.717, 1.165) is 18.4 Å². The van der Waals surface area contributed by atoms with Gasteiger partial charge in [0, 0.05) is 12.0 Å². The van der Waals surface area contributed by atoms with Crippen LogP contribution in [0.2, 0.25) is 0 Å². The molecular weight excluding hydrogens is 304 g/mol. The Labute approximate surface area is 143 Å². The van der Waals surface area contributed by atoms with E-state index in [1.807, 2.05) is 6.08 Å². The third kappa shape index (κ3) is 2.02. The number of fused-ring (bicyclic) bond motifs is 1. The molecule has 6 atom stereocenters. The standard InChI is InChI=1S/C20H28O4/c1-10(2)16-14-6-5-12-17-13(8-19(14,4)9-15(16)21)11(3)7-20(17,23)24-18(12)22/h5,10-11,13,15,17,21,23H,6-9H2,1-4H3/b12-5+/t11-,13-,15-,17-,19-,20+/m0/s1. The molecule has 0 unspecified atom stereocenters. The lowest BCUT2D eigenvalue weighted by Gasteiger charge is -2.36. The zero-order chi connectivity index (χ0) is 17.4. The molecule has 3 aliphatic carbocycles. The molecule has 0 radical (unpaired) electrons. The number of ether oxygens (including phenoxy) is 1. The first-order valence-electron chi connectivity index (χ1n) is 9.23. The molecular formula is C20H28O4. The Kier molecular flexibility index (Phi) is 3.37. The Morgan fingerprint density at radius 1 is 1.29 bits per heavy atom. The van der Waals surface area contributed by atoms with Gasteiger partial charge in [-0.25, -0.2) is 4.79 Å². The van der Waals surface area contributed by atoms with Crippen LogP contribution < -0.4 is 0 Å². The van der Waals surface area contributed by atoms with E-state index in [1.165, 1.54) is 5.57 Å². The van der Waals surface area contributed by atoms with Crippen molar-refractivity contribution in [3.05, 3.63) is 22.8 Å². The van der Waals surface area contributed by atoms with Gasteiger partial charge in [-0.2, -0.15) is 0 Å². The SMILES string of the molecule is CC(C)C1=C2C/C=C3/C(=O)O[C@]4(O)C[C@H](C)[C@H](C[C@@]2(C)C[C@@H]1O)[C@H]34. The van der Waals surface area contributed by atoms with Crippen LogP contribution in [0, 0.1) is 29.1 Å². The number of aliphatic hydroxyl groups is 2. The van der Waals surface area contributed by atoms with Crippen molar-refractivity contribution in [1.29, 1.82) is 0 Å². The van der Waals surface area contributed by atoms with Gasteiger partial charge in [0.15, 0.2) is 0 Å². The second-order valence-corrected chi connectivity index (χ2v) is 8.99. The molecule has 1 saturated heterocycles. The van der Waals surface area contributed by atoms with Crippen molar-refractivity contribution < 1.29 is 19.7 Å². The minimum Gasteiger partial charge on any atom is -0.429 e. The predicted octanol–water partition coefficient (Wildman–Crippen LogP) is 2.95. The molecule has 0 aromatic carbocycles. The van der Waals surface area contributed by atoms with Crippen LogP contribution in [0.25, 0.3) is 0 Å². The molecule has 0 amide bonds. The lowest BCUT2D eigenvalue weighted by molar-refractivity contribution is -0.196. The van der Waals surface area contributed by atoms with Gasteiger partial charge in [0.05, 0.1) is 12.0 Å². The molecule has 0 spiro atoms. The lowest BCUT2D eigenvalue weighted by Crippen LogP contribution is -2.34. The third-order valence-corrected chi connectivity index (χ3v) is 7.01. The molecule has 4 nitrogen and oxygen atoms in total. The molecule has 2 fully saturated rings. The van der Waals surface area contributed by atoms with Crippen LogP contribution in [0.1, 0.15) is 53.4 Å². The Morgan fingerprint density at radius 2 is 2.00 bits per heavy atom. The predicted molar refractivity (Wildman–Crippen MR) is 89.7 cm³/mol. The molecule has 24 heavy (non-hydrogen) atoms. The second-order valence-electron chi connectivity index (χ2n) is 8.99. The van der Waals surface area contributed by atoms with E-state index in [9.17, 15) is 15.0 Å². The maximum absolute atomic E-state index is 12.3. The van der Waals surface area contributed by atoms with Crippen molar-refractivity contribution in [3.8, 4) is 0 Å². The number of allylic oxidation sites excluding steroid dienone is 2. The maximum Gasteiger partial charge on any atom is 0.336 e. The van der Waals surface area contributed by atoms with Crippen LogP contribution in [0.4, 0.5) is 0 Å². The zero-order valence-electron chi connectivity index (χ0n) is 15.0. The summed E-state index contributed by atoms with van der Waals surface area (Å²) in [5, 5.41) is 21.5. The van der Waals surface area contributed by atoms with Gasteiger partial charge in [-0.15, -0.1) is 0 Å². The van der Waals surface area contributed by atoms with Crippen LogP contribution in [0.3, 0.4) is 0 Å². The van der Waals surface area contributed by atoms with Gasteiger partial charge < -0.3 is 14.9 Å². The van der Waals surface area contributed by atoms with Crippen molar-refractivity contribution in [2.24, 2.45) is 29.1 Å². The fourth-order valence-corrected chi connectivity index (χ4v) is 6.10. The fraction of sp³-hybridized carbons (Fsp3) is 0.750. The Hall–Kier alpha value is -1.13. The lowest BCUT2D eigenvalue weighted by atomic mass is 9.67. The summed E-state index contributed by atoms with van der Waals surface area (Å²) in [4.78, 5) is 12.3. The normalized spacial score (nSPS) is 49.5. The topological polar surface area (TPSA) is 66.8 Å².